The van der Waals surface area contributed by atoms with E-state index in [2.05, 4.69) is 67.3 Å². The number of carbonyl (C=O) groups is 1. The summed E-state index contributed by atoms with van der Waals surface area (Å²) in [7, 11) is 0. The van der Waals surface area contributed by atoms with Crippen LogP contribution in [-0.2, 0) is 0 Å². The summed E-state index contributed by atoms with van der Waals surface area (Å²) in [5.74, 6) is 0.0440. The first kappa shape index (κ1) is 20.3. The Labute approximate surface area is 188 Å². The molecular formula is C27H28N4O. The predicted octanol–water partition coefficient (Wildman–Crippen LogP) is 4.89. The smallest absolute Gasteiger partial charge is 0.273 e. The van der Waals surface area contributed by atoms with E-state index in [0.717, 1.165) is 35.6 Å². The van der Waals surface area contributed by atoms with Gasteiger partial charge in [-0.3, -0.25) is 9.20 Å². The third-order valence-corrected chi connectivity index (χ3v) is 6.23. The van der Waals surface area contributed by atoms with Gasteiger partial charge in [-0.15, -0.1) is 0 Å². The van der Waals surface area contributed by atoms with Crippen molar-refractivity contribution in [1.29, 1.82) is 0 Å². The predicted molar refractivity (Wildman–Crippen MR) is 129 cm³/mol. The van der Waals surface area contributed by atoms with Crippen LogP contribution in [0, 0.1) is 20.8 Å². The standard InChI is InChI=1S/C27H28N4O/c1-19-7-10-22(11-8-19)25-26(31-18-21(3)9-12-24(31)28-25)27(32)30-15-13-29(14-16-30)23-6-4-5-20(2)17-23/h4-12,17-18H,13-16H2,1-3H3. The van der Waals surface area contributed by atoms with Gasteiger partial charge in [-0.2, -0.15) is 0 Å². The Balaban J connectivity index is 1.47. The fourth-order valence-electron chi connectivity index (χ4n) is 4.41. The highest BCUT2D eigenvalue weighted by Gasteiger charge is 2.28. The number of hydrogen-bond acceptors (Lipinski definition) is 3. The minimum atomic E-state index is 0.0440. The number of anilines is 1. The first-order valence-corrected chi connectivity index (χ1v) is 11.2. The van der Waals surface area contributed by atoms with Crippen LogP contribution in [0.15, 0.2) is 66.9 Å². The van der Waals surface area contributed by atoms with E-state index in [9.17, 15) is 4.79 Å². The third kappa shape index (κ3) is 3.75. The van der Waals surface area contributed by atoms with Gasteiger partial charge >= 0.3 is 0 Å². The van der Waals surface area contributed by atoms with Crippen LogP contribution in [0.1, 0.15) is 27.2 Å². The molecule has 2 aromatic carbocycles. The fraction of sp³-hybridized carbons (Fsp3) is 0.259. The molecule has 3 heterocycles. The molecule has 0 atom stereocenters. The maximum absolute atomic E-state index is 13.8. The maximum atomic E-state index is 13.8. The highest BCUT2D eigenvalue weighted by Crippen LogP contribution is 2.27. The second kappa shape index (κ2) is 8.15. The fourth-order valence-corrected chi connectivity index (χ4v) is 4.41. The molecule has 1 fully saturated rings. The molecule has 4 aromatic rings. The SMILES string of the molecule is Cc1ccc(-c2nc3ccc(C)cn3c2C(=O)N2CCN(c3cccc(C)c3)CC2)cc1. The monoisotopic (exact) mass is 424 g/mol. The van der Waals surface area contributed by atoms with E-state index in [1.165, 1.54) is 16.8 Å². The van der Waals surface area contributed by atoms with Gasteiger partial charge in [0, 0.05) is 43.6 Å². The van der Waals surface area contributed by atoms with Gasteiger partial charge in [0.2, 0.25) is 0 Å². The van der Waals surface area contributed by atoms with Crippen LogP contribution in [0.25, 0.3) is 16.9 Å². The highest BCUT2D eigenvalue weighted by atomic mass is 16.2. The molecule has 0 spiro atoms. The number of benzene rings is 2. The van der Waals surface area contributed by atoms with Gasteiger partial charge in [0.15, 0.2) is 0 Å². The highest BCUT2D eigenvalue weighted by molar-refractivity contribution is 6.00. The summed E-state index contributed by atoms with van der Waals surface area (Å²) >= 11 is 0. The molecule has 32 heavy (non-hydrogen) atoms. The number of piperazine rings is 1. The molecule has 0 unspecified atom stereocenters. The van der Waals surface area contributed by atoms with Gasteiger partial charge in [-0.25, -0.2) is 4.98 Å². The zero-order valence-corrected chi connectivity index (χ0v) is 18.9. The van der Waals surface area contributed by atoms with Gasteiger partial charge < -0.3 is 9.80 Å². The summed E-state index contributed by atoms with van der Waals surface area (Å²) in [6.45, 7) is 9.26. The minimum absolute atomic E-state index is 0.0440. The van der Waals surface area contributed by atoms with Crippen molar-refractivity contribution in [3.8, 4) is 11.3 Å². The zero-order valence-electron chi connectivity index (χ0n) is 18.9. The van der Waals surface area contributed by atoms with Crippen molar-refractivity contribution in [3.05, 3.63) is 89.2 Å². The third-order valence-electron chi connectivity index (χ3n) is 6.23. The Hall–Kier alpha value is -3.60. The first-order chi connectivity index (χ1) is 15.5. The van der Waals surface area contributed by atoms with E-state index in [0.29, 0.717) is 18.8 Å². The molecule has 5 rings (SSSR count). The second-order valence-corrected chi connectivity index (χ2v) is 8.73. The number of pyridine rings is 1. The molecule has 0 saturated carbocycles. The number of rotatable bonds is 3. The summed E-state index contributed by atoms with van der Waals surface area (Å²) in [4.78, 5) is 23.0. The normalized spacial score (nSPS) is 14.2. The second-order valence-electron chi connectivity index (χ2n) is 8.73. The molecule has 0 bridgehead atoms. The van der Waals surface area contributed by atoms with Crippen molar-refractivity contribution in [2.75, 3.05) is 31.1 Å². The van der Waals surface area contributed by atoms with Crippen molar-refractivity contribution in [3.63, 3.8) is 0 Å². The summed E-state index contributed by atoms with van der Waals surface area (Å²) < 4.78 is 1.96. The van der Waals surface area contributed by atoms with E-state index in [1.54, 1.807) is 0 Å². The van der Waals surface area contributed by atoms with Gasteiger partial charge in [0.05, 0.1) is 0 Å². The molecule has 1 aliphatic heterocycles. The van der Waals surface area contributed by atoms with Crippen LogP contribution >= 0.6 is 0 Å². The van der Waals surface area contributed by atoms with E-state index in [-0.39, 0.29) is 5.91 Å². The number of amides is 1. The van der Waals surface area contributed by atoms with Crippen molar-refractivity contribution in [2.45, 2.75) is 20.8 Å². The number of fused-ring (bicyclic) bond motifs is 1. The lowest BCUT2D eigenvalue weighted by Gasteiger charge is -2.36. The van der Waals surface area contributed by atoms with Crippen molar-refractivity contribution < 1.29 is 4.79 Å². The van der Waals surface area contributed by atoms with E-state index in [4.69, 9.17) is 4.98 Å². The van der Waals surface area contributed by atoms with Gasteiger partial charge in [0.25, 0.3) is 5.91 Å². The van der Waals surface area contributed by atoms with Crippen LogP contribution in [0.4, 0.5) is 5.69 Å². The summed E-state index contributed by atoms with van der Waals surface area (Å²) in [6, 6.07) is 20.8. The lowest BCUT2D eigenvalue weighted by Crippen LogP contribution is -2.49. The topological polar surface area (TPSA) is 40.9 Å². The van der Waals surface area contributed by atoms with Crippen LogP contribution in [0.3, 0.4) is 0 Å². The molecule has 5 nitrogen and oxygen atoms in total. The average molecular weight is 425 g/mol. The van der Waals surface area contributed by atoms with Crippen molar-refractivity contribution >= 4 is 17.2 Å². The molecule has 0 radical (unpaired) electrons. The van der Waals surface area contributed by atoms with Crippen molar-refractivity contribution in [2.24, 2.45) is 0 Å². The number of imidazole rings is 1. The number of aromatic nitrogens is 2. The largest absolute Gasteiger partial charge is 0.368 e. The molecule has 2 aromatic heterocycles. The Morgan fingerprint density at radius 2 is 1.53 bits per heavy atom. The van der Waals surface area contributed by atoms with Crippen LogP contribution in [-0.4, -0.2) is 46.4 Å². The lowest BCUT2D eigenvalue weighted by atomic mass is 10.1. The Morgan fingerprint density at radius 1 is 0.812 bits per heavy atom. The molecule has 0 aliphatic carbocycles. The molecule has 5 heteroatoms. The Bertz CT molecular complexity index is 1280. The molecule has 1 saturated heterocycles. The Kier molecular flexibility index (Phi) is 5.17. The summed E-state index contributed by atoms with van der Waals surface area (Å²) in [5, 5.41) is 0. The van der Waals surface area contributed by atoms with Gasteiger partial charge in [0.1, 0.15) is 17.0 Å². The van der Waals surface area contributed by atoms with Crippen LogP contribution < -0.4 is 4.90 Å². The lowest BCUT2D eigenvalue weighted by molar-refractivity contribution is 0.0740. The Morgan fingerprint density at radius 3 is 2.25 bits per heavy atom. The van der Waals surface area contributed by atoms with Gasteiger partial charge in [-0.1, -0.05) is 48.0 Å². The van der Waals surface area contributed by atoms with E-state index < -0.39 is 0 Å². The van der Waals surface area contributed by atoms with Crippen LogP contribution in [0.5, 0.6) is 0 Å². The van der Waals surface area contributed by atoms with E-state index >= 15 is 0 Å². The van der Waals surface area contributed by atoms with Crippen LogP contribution in [0.2, 0.25) is 0 Å². The number of aryl methyl sites for hydroxylation is 3. The summed E-state index contributed by atoms with van der Waals surface area (Å²) in [6.07, 6.45) is 2.01. The summed E-state index contributed by atoms with van der Waals surface area (Å²) in [5.41, 5.74) is 7.94. The quantitative estimate of drug-likeness (QED) is 0.470. The number of nitrogens with zero attached hydrogens (tertiary/aromatic N) is 4. The number of carbonyl (C=O) groups excluding carboxylic acids is 1. The molecule has 162 valence electrons. The molecular weight excluding hydrogens is 396 g/mol. The van der Waals surface area contributed by atoms with Gasteiger partial charge in [-0.05, 0) is 50.1 Å². The first-order valence-electron chi connectivity index (χ1n) is 11.2. The zero-order chi connectivity index (χ0) is 22.2. The molecule has 1 aliphatic rings. The van der Waals surface area contributed by atoms with Crippen molar-refractivity contribution in [1.82, 2.24) is 14.3 Å². The average Bonchev–Trinajstić information content (AvgIpc) is 3.17. The molecule has 1 amide bonds. The van der Waals surface area contributed by atoms with E-state index in [1.807, 2.05) is 34.6 Å². The molecule has 0 N–H and O–H groups in total. The maximum Gasteiger partial charge on any atom is 0.273 e. The minimum Gasteiger partial charge on any atom is -0.368 e. The number of hydrogen-bond donors (Lipinski definition) is 0.